The quantitative estimate of drug-likeness (QED) is 0.125. The second kappa shape index (κ2) is 10.0. The standard InChI is InChI=1S/C25H15BrF3IO5/c1-2-13-11-17-20(12-19(13)35-24(32)16-5-3-4-6-18(16)26)34-23(25(27,28)29)22(21(17)31)33-15-9-7-14(30)8-10-15/h3-12H,2H2,1H3. The normalized spacial score (nSPS) is 11.5. The molecule has 10 heteroatoms. The molecule has 1 aromatic heterocycles. The predicted molar refractivity (Wildman–Crippen MR) is 135 cm³/mol. The molecule has 0 amide bonds. The number of fused-ring (bicyclic) bond motifs is 1. The topological polar surface area (TPSA) is 65.7 Å². The van der Waals surface area contributed by atoms with Crippen molar-refractivity contribution in [3.05, 3.63) is 95.8 Å². The summed E-state index contributed by atoms with van der Waals surface area (Å²) in [6.07, 6.45) is -4.68. The van der Waals surface area contributed by atoms with Crippen LogP contribution in [0.25, 0.3) is 11.0 Å². The highest BCUT2D eigenvalue weighted by Gasteiger charge is 2.40. The van der Waals surface area contributed by atoms with Gasteiger partial charge < -0.3 is 13.9 Å². The van der Waals surface area contributed by atoms with Gasteiger partial charge in [-0.3, -0.25) is 4.79 Å². The van der Waals surface area contributed by atoms with E-state index in [1.54, 1.807) is 37.3 Å². The van der Waals surface area contributed by atoms with Crippen molar-refractivity contribution in [1.82, 2.24) is 0 Å². The van der Waals surface area contributed by atoms with Gasteiger partial charge in [0.1, 0.15) is 17.1 Å². The van der Waals surface area contributed by atoms with Gasteiger partial charge in [0.05, 0.1) is 10.9 Å². The SMILES string of the molecule is CCc1cc2c(=O)c(Oc3ccc(I)cc3)c(C(F)(F)F)oc2cc1OC(=O)c1ccccc1Br. The Balaban J connectivity index is 1.84. The maximum atomic E-state index is 13.8. The fourth-order valence-electron chi connectivity index (χ4n) is 3.30. The lowest BCUT2D eigenvalue weighted by Crippen LogP contribution is -2.16. The van der Waals surface area contributed by atoms with Gasteiger partial charge in [-0.25, -0.2) is 4.79 Å². The number of hydrogen-bond donors (Lipinski definition) is 0. The molecule has 4 rings (SSSR count). The Labute approximate surface area is 219 Å². The van der Waals surface area contributed by atoms with E-state index in [1.807, 2.05) is 22.6 Å². The first-order valence-electron chi connectivity index (χ1n) is 10.2. The van der Waals surface area contributed by atoms with Gasteiger partial charge in [-0.15, -0.1) is 0 Å². The lowest BCUT2D eigenvalue weighted by atomic mass is 10.1. The smallest absolute Gasteiger partial charge is 0.449 e. The number of ether oxygens (including phenoxy) is 2. The van der Waals surface area contributed by atoms with Crippen molar-refractivity contribution in [2.45, 2.75) is 19.5 Å². The summed E-state index contributed by atoms with van der Waals surface area (Å²) in [5.74, 6) is -3.23. The fourth-order valence-corrected chi connectivity index (χ4v) is 4.11. The number of carbonyl (C=O) groups excluding carboxylic acids is 1. The van der Waals surface area contributed by atoms with E-state index >= 15 is 0 Å². The summed E-state index contributed by atoms with van der Waals surface area (Å²) in [6.45, 7) is 1.76. The third-order valence-electron chi connectivity index (χ3n) is 5.00. The van der Waals surface area contributed by atoms with Gasteiger partial charge in [0, 0.05) is 14.1 Å². The minimum atomic E-state index is -5.01. The van der Waals surface area contributed by atoms with E-state index in [1.165, 1.54) is 24.3 Å². The maximum absolute atomic E-state index is 13.8. The van der Waals surface area contributed by atoms with Gasteiger partial charge in [0.15, 0.2) is 0 Å². The van der Waals surface area contributed by atoms with Crippen LogP contribution in [0.3, 0.4) is 0 Å². The summed E-state index contributed by atoms with van der Waals surface area (Å²) in [4.78, 5) is 25.8. The summed E-state index contributed by atoms with van der Waals surface area (Å²) in [5.41, 5.74) is -0.710. The average molecular weight is 659 g/mol. The molecule has 0 aliphatic heterocycles. The number of esters is 1. The predicted octanol–water partition coefficient (Wildman–Crippen LogP) is 7.75. The second-order valence-electron chi connectivity index (χ2n) is 7.32. The van der Waals surface area contributed by atoms with Gasteiger partial charge in [-0.2, -0.15) is 13.2 Å². The third-order valence-corrected chi connectivity index (χ3v) is 6.41. The highest BCUT2D eigenvalue weighted by Crippen LogP contribution is 2.39. The van der Waals surface area contributed by atoms with Crippen molar-refractivity contribution < 1.29 is 31.9 Å². The van der Waals surface area contributed by atoms with Crippen molar-refractivity contribution in [2.75, 3.05) is 0 Å². The molecule has 0 atom stereocenters. The molecule has 0 spiro atoms. The zero-order chi connectivity index (χ0) is 25.3. The van der Waals surface area contributed by atoms with Crippen LogP contribution in [0.4, 0.5) is 13.2 Å². The lowest BCUT2D eigenvalue weighted by Gasteiger charge is -2.15. The Kier molecular flexibility index (Phi) is 7.22. The monoisotopic (exact) mass is 658 g/mol. The molecule has 0 aliphatic carbocycles. The molecule has 180 valence electrons. The van der Waals surface area contributed by atoms with Crippen LogP contribution in [0.15, 0.2) is 74.3 Å². The van der Waals surface area contributed by atoms with E-state index in [-0.39, 0.29) is 28.0 Å². The first-order valence-corrected chi connectivity index (χ1v) is 12.1. The first kappa shape index (κ1) is 25.2. The summed E-state index contributed by atoms with van der Waals surface area (Å²) in [7, 11) is 0. The van der Waals surface area contributed by atoms with Crippen LogP contribution in [-0.4, -0.2) is 5.97 Å². The van der Waals surface area contributed by atoms with Crippen LogP contribution in [0.5, 0.6) is 17.2 Å². The van der Waals surface area contributed by atoms with E-state index in [4.69, 9.17) is 13.9 Å². The van der Waals surface area contributed by atoms with Crippen molar-refractivity contribution in [3.63, 3.8) is 0 Å². The molecule has 0 aliphatic rings. The van der Waals surface area contributed by atoms with Crippen LogP contribution < -0.4 is 14.9 Å². The van der Waals surface area contributed by atoms with E-state index < -0.39 is 29.1 Å². The zero-order valence-corrected chi connectivity index (χ0v) is 21.7. The van der Waals surface area contributed by atoms with Gasteiger partial charge in [-0.1, -0.05) is 19.1 Å². The molecule has 0 unspecified atom stereocenters. The number of halogens is 5. The number of carbonyl (C=O) groups is 1. The minimum absolute atomic E-state index is 0.0108. The number of hydrogen-bond acceptors (Lipinski definition) is 5. The molecular formula is C25H15BrF3IO5. The van der Waals surface area contributed by atoms with Crippen molar-refractivity contribution in [1.29, 1.82) is 0 Å². The molecule has 1 heterocycles. The minimum Gasteiger partial charge on any atom is -0.449 e. The highest BCUT2D eigenvalue weighted by atomic mass is 127. The summed E-state index contributed by atoms with van der Waals surface area (Å²) in [5, 5.41) is -0.129. The molecule has 0 radical (unpaired) electrons. The van der Waals surface area contributed by atoms with E-state index in [9.17, 15) is 22.8 Å². The molecule has 3 aromatic carbocycles. The number of alkyl halides is 3. The molecule has 0 saturated heterocycles. The third kappa shape index (κ3) is 5.37. The van der Waals surface area contributed by atoms with Crippen LogP contribution >= 0.6 is 38.5 Å². The summed E-state index contributed by atoms with van der Waals surface area (Å²) in [6, 6.07) is 15.2. The van der Waals surface area contributed by atoms with Gasteiger partial charge >= 0.3 is 12.1 Å². The molecule has 5 nitrogen and oxygen atoms in total. The van der Waals surface area contributed by atoms with Gasteiger partial charge in [0.2, 0.25) is 11.2 Å². The zero-order valence-electron chi connectivity index (χ0n) is 17.9. The highest BCUT2D eigenvalue weighted by molar-refractivity contribution is 14.1. The Morgan fingerprint density at radius 1 is 1.09 bits per heavy atom. The molecular weight excluding hydrogens is 644 g/mol. The van der Waals surface area contributed by atoms with Crippen molar-refractivity contribution >= 4 is 55.5 Å². The molecule has 0 bridgehead atoms. The average Bonchev–Trinajstić information content (AvgIpc) is 2.81. The first-order chi connectivity index (χ1) is 16.6. The van der Waals surface area contributed by atoms with Crippen molar-refractivity contribution in [2.24, 2.45) is 0 Å². The fraction of sp³-hybridized carbons (Fsp3) is 0.120. The molecule has 4 aromatic rings. The maximum Gasteiger partial charge on any atom is 0.453 e. The molecule has 0 N–H and O–H groups in total. The van der Waals surface area contributed by atoms with Crippen LogP contribution in [-0.2, 0) is 12.6 Å². The Morgan fingerprint density at radius 3 is 2.40 bits per heavy atom. The number of rotatable bonds is 5. The van der Waals surface area contributed by atoms with Gasteiger partial charge in [-0.05, 0) is 93.0 Å². The second-order valence-corrected chi connectivity index (χ2v) is 9.42. The van der Waals surface area contributed by atoms with Crippen molar-refractivity contribution in [3.8, 4) is 17.2 Å². The molecule has 0 fully saturated rings. The lowest BCUT2D eigenvalue weighted by molar-refractivity contribution is -0.154. The molecule has 0 saturated carbocycles. The molecule has 35 heavy (non-hydrogen) atoms. The van der Waals surface area contributed by atoms with Crippen LogP contribution in [0.2, 0.25) is 0 Å². The van der Waals surface area contributed by atoms with Crippen LogP contribution in [0, 0.1) is 3.57 Å². The van der Waals surface area contributed by atoms with Crippen LogP contribution in [0.1, 0.15) is 28.6 Å². The van der Waals surface area contributed by atoms with E-state index in [0.29, 0.717) is 16.5 Å². The Hall–Kier alpha value is -2.86. The summed E-state index contributed by atoms with van der Waals surface area (Å²) < 4.78 is 58.8. The summed E-state index contributed by atoms with van der Waals surface area (Å²) >= 11 is 5.30. The largest absolute Gasteiger partial charge is 0.453 e. The van der Waals surface area contributed by atoms with E-state index in [0.717, 1.165) is 9.64 Å². The number of benzene rings is 3. The van der Waals surface area contributed by atoms with E-state index in [2.05, 4.69) is 15.9 Å². The van der Waals surface area contributed by atoms with Gasteiger partial charge in [0.25, 0.3) is 5.76 Å². The number of aryl methyl sites for hydroxylation is 1. The Morgan fingerprint density at radius 2 is 1.77 bits per heavy atom. The Bertz CT molecular complexity index is 1480.